The lowest BCUT2D eigenvalue weighted by Crippen LogP contribution is -2.49. The zero-order chi connectivity index (χ0) is 13.0. The minimum atomic E-state index is -0.0544. The molecule has 1 amide bonds. The van der Waals surface area contributed by atoms with Crippen molar-refractivity contribution in [2.45, 2.75) is 83.3 Å². The van der Waals surface area contributed by atoms with E-state index < -0.39 is 0 Å². The molecule has 104 valence electrons. The van der Waals surface area contributed by atoms with E-state index in [0.29, 0.717) is 12.1 Å². The second-order valence-corrected chi connectivity index (χ2v) is 6.21. The van der Waals surface area contributed by atoms with Crippen LogP contribution in [0.3, 0.4) is 0 Å². The Morgan fingerprint density at radius 2 is 1.56 bits per heavy atom. The third-order valence-electron chi connectivity index (χ3n) is 4.71. The fourth-order valence-corrected chi connectivity index (χ4v) is 3.46. The predicted molar refractivity (Wildman–Crippen MR) is 74.4 cm³/mol. The summed E-state index contributed by atoms with van der Waals surface area (Å²) in [5.41, 5.74) is 0. The summed E-state index contributed by atoms with van der Waals surface area (Å²) in [6, 6.07) is 0.849. The van der Waals surface area contributed by atoms with Crippen LogP contribution in [0.1, 0.15) is 65.2 Å². The lowest BCUT2D eigenvalue weighted by Gasteiger charge is -2.25. The third-order valence-corrected chi connectivity index (χ3v) is 4.71. The first-order chi connectivity index (χ1) is 8.66. The summed E-state index contributed by atoms with van der Waals surface area (Å²) < 4.78 is 0. The van der Waals surface area contributed by atoms with Gasteiger partial charge in [-0.1, -0.05) is 25.7 Å². The van der Waals surface area contributed by atoms with Gasteiger partial charge in [0.05, 0.1) is 6.04 Å². The Bertz CT molecular complexity index is 268. The average Bonchev–Trinajstić information content (AvgIpc) is 3.01. The van der Waals surface area contributed by atoms with Crippen molar-refractivity contribution in [3.63, 3.8) is 0 Å². The van der Waals surface area contributed by atoms with Gasteiger partial charge in [-0.15, -0.1) is 0 Å². The summed E-state index contributed by atoms with van der Waals surface area (Å²) in [5, 5.41) is 6.66. The van der Waals surface area contributed by atoms with Crippen LogP contribution in [0.4, 0.5) is 0 Å². The normalized spacial score (nSPS) is 25.2. The molecule has 0 aromatic carbocycles. The van der Waals surface area contributed by atoms with Crippen molar-refractivity contribution in [2.75, 3.05) is 0 Å². The number of carbonyl (C=O) groups excluding carboxylic acids is 1. The summed E-state index contributed by atoms with van der Waals surface area (Å²) in [4.78, 5) is 12.1. The van der Waals surface area contributed by atoms with Gasteiger partial charge >= 0.3 is 0 Å². The maximum atomic E-state index is 12.1. The molecule has 0 heterocycles. The topological polar surface area (TPSA) is 41.1 Å². The van der Waals surface area contributed by atoms with E-state index in [1.54, 1.807) is 0 Å². The molecule has 18 heavy (non-hydrogen) atoms. The first kappa shape index (κ1) is 13.9. The maximum absolute atomic E-state index is 12.1. The smallest absolute Gasteiger partial charge is 0.237 e. The molecule has 2 N–H and O–H groups in total. The monoisotopic (exact) mass is 252 g/mol. The van der Waals surface area contributed by atoms with Gasteiger partial charge in [0.2, 0.25) is 5.91 Å². The zero-order valence-corrected chi connectivity index (χ0v) is 11.9. The van der Waals surface area contributed by atoms with Crippen LogP contribution in [0.2, 0.25) is 0 Å². The molecule has 2 aliphatic carbocycles. The number of rotatable bonds is 5. The Hall–Kier alpha value is -0.570. The standard InChI is InChI=1S/C15H28N2O/c1-11(13-7-3-4-8-13)16-12(2)15(18)17-14-9-5-6-10-14/h11-14,16H,3-10H2,1-2H3,(H,17,18)/t11-,12?/m1/s1. The quantitative estimate of drug-likeness (QED) is 0.789. The summed E-state index contributed by atoms with van der Waals surface area (Å²) in [7, 11) is 0. The molecular formula is C15H28N2O. The molecule has 0 radical (unpaired) electrons. The minimum Gasteiger partial charge on any atom is -0.352 e. The second-order valence-electron chi connectivity index (χ2n) is 6.21. The Balaban J connectivity index is 1.71. The molecule has 2 atom stereocenters. The van der Waals surface area contributed by atoms with Crippen molar-refractivity contribution < 1.29 is 4.79 Å². The van der Waals surface area contributed by atoms with Crippen molar-refractivity contribution in [3.8, 4) is 0 Å². The van der Waals surface area contributed by atoms with Gasteiger partial charge in [0.15, 0.2) is 0 Å². The Labute approximate surface area is 111 Å². The van der Waals surface area contributed by atoms with Crippen LogP contribution in [0.25, 0.3) is 0 Å². The molecule has 0 spiro atoms. The van der Waals surface area contributed by atoms with E-state index in [4.69, 9.17) is 0 Å². The average molecular weight is 252 g/mol. The van der Waals surface area contributed by atoms with Crippen LogP contribution in [0, 0.1) is 5.92 Å². The molecule has 3 nitrogen and oxygen atoms in total. The third kappa shape index (κ3) is 3.71. The summed E-state index contributed by atoms with van der Waals surface area (Å²) in [6.07, 6.45) is 10.2. The summed E-state index contributed by atoms with van der Waals surface area (Å²) >= 11 is 0. The highest BCUT2D eigenvalue weighted by Gasteiger charge is 2.25. The first-order valence-corrected chi connectivity index (χ1v) is 7.73. The lowest BCUT2D eigenvalue weighted by molar-refractivity contribution is -0.123. The molecule has 2 rings (SSSR count). The highest BCUT2D eigenvalue weighted by molar-refractivity contribution is 5.81. The van der Waals surface area contributed by atoms with Gasteiger partial charge in [-0.05, 0) is 45.4 Å². The summed E-state index contributed by atoms with van der Waals surface area (Å²) in [6.45, 7) is 4.23. The van der Waals surface area contributed by atoms with Gasteiger partial charge in [0, 0.05) is 12.1 Å². The highest BCUT2D eigenvalue weighted by Crippen LogP contribution is 2.27. The Morgan fingerprint density at radius 3 is 2.17 bits per heavy atom. The Morgan fingerprint density at radius 1 is 1.00 bits per heavy atom. The number of nitrogens with one attached hydrogen (secondary N) is 2. The SMILES string of the molecule is CC(N[C@H](C)C1CCCC1)C(=O)NC1CCCC1. The van der Waals surface area contributed by atoms with Crippen molar-refractivity contribution in [1.82, 2.24) is 10.6 Å². The molecule has 0 aromatic rings. The van der Waals surface area contributed by atoms with E-state index in [0.717, 1.165) is 18.8 Å². The van der Waals surface area contributed by atoms with Gasteiger partial charge in [0.1, 0.15) is 0 Å². The summed E-state index contributed by atoms with van der Waals surface area (Å²) in [5.74, 6) is 0.957. The van der Waals surface area contributed by atoms with E-state index in [1.165, 1.54) is 38.5 Å². The van der Waals surface area contributed by atoms with Crippen molar-refractivity contribution in [2.24, 2.45) is 5.92 Å². The van der Waals surface area contributed by atoms with E-state index in [-0.39, 0.29) is 11.9 Å². The predicted octanol–water partition coefficient (Wildman–Crippen LogP) is 2.60. The molecule has 0 saturated heterocycles. The van der Waals surface area contributed by atoms with Crippen LogP contribution in [0.15, 0.2) is 0 Å². The number of amides is 1. The van der Waals surface area contributed by atoms with E-state index in [2.05, 4.69) is 17.6 Å². The van der Waals surface area contributed by atoms with Crippen molar-refractivity contribution >= 4 is 5.91 Å². The zero-order valence-electron chi connectivity index (χ0n) is 11.9. The van der Waals surface area contributed by atoms with E-state index in [1.807, 2.05) is 6.92 Å². The van der Waals surface area contributed by atoms with Crippen LogP contribution in [-0.4, -0.2) is 24.0 Å². The van der Waals surface area contributed by atoms with Crippen LogP contribution in [-0.2, 0) is 4.79 Å². The fraction of sp³-hybridized carbons (Fsp3) is 0.933. The van der Waals surface area contributed by atoms with Crippen LogP contribution in [0.5, 0.6) is 0 Å². The number of hydrogen-bond donors (Lipinski definition) is 2. The van der Waals surface area contributed by atoms with E-state index >= 15 is 0 Å². The molecule has 0 aromatic heterocycles. The lowest BCUT2D eigenvalue weighted by atomic mass is 9.99. The van der Waals surface area contributed by atoms with Gasteiger partial charge in [-0.25, -0.2) is 0 Å². The maximum Gasteiger partial charge on any atom is 0.237 e. The van der Waals surface area contributed by atoms with Gasteiger partial charge in [-0.2, -0.15) is 0 Å². The Kier molecular flexibility index (Phi) is 5.04. The van der Waals surface area contributed by atoms with Crippen LogP contribution >= 0.6 is 0 Å². The molecule has 2 saturated carbocycles. The molecule has 0 aliphatic heterocycles. The molecule has 1 unspecified atom stereocenters. The minimum absolute atomic E-state index is 0.0544. The molecule has 0 bridgehead atoms. The van der Waals surface area contributed by atoms with Gasteiger partial charge < -0.3 is 10.6 Å². The van der Waals surface area contributed by atoms with E-state index in [9.17, 15) is 4.79 Å². The molecule has 2 aliphatic rings. The van der Waals surface area contributed by atoms with Crippen LogP contribution < -0.4 is 10.6 Å². The fourth-order valence-electron chi connectivity index (χ4n) is 3.46. The number of carbonyl (C=O) groups is 1. The van der Waals surface area contributed by atoms with Gasteiger partial charge in [-0.3, -0.25) is 4.79 Å². The second kappa shape index (κ2) is 6.55. The molecule has 3 heteroatoms. The first-order valence-electron chi connectivity index (χ1n) is 7.73. The van der Waals surface area contributed by atoms with Crippen molar-refractivity contribution in [1.29, 1.82) is 0 Å². The molecular weight excluding hydrogens is 224 g/mol. The number of hydrogen-bond acceptors (Lipinski definition) is 2. The van der Waals surface area contributed by atoms with Crippen molar-refractivity contribution in [3.05, 3.63) is 0 Å². The van der Waals surface area contributed by atoms with Gasteiger partial charge in [0.25, 0.3) is 0 Å². The largest absolute Gasteiger partial charge is 0.352 e. The molecule has 2 fully saturated rings. The highest BCUT2D eigenvalue weighted by atomic mass is 16.2.